The zero-order valence-electron chi connectivity index (χ0n) is 14.0. The van der Waals surface area contributed by atoms with Crippen LogP contribution in [0.2, 0.25) is 0 Å². The molecule has 2 rings (SSSR count). The highest BCUT2D eigenvalue weighted by Crippen LogP contribution is 2.22. The van der Waals surface area contributed by atoms with Crippen molar-refractivity contribution in [3.63, 3.8) is 0 Å². The lowest BCUT2D eigenvalue weighted by Gasteiger charge is -2.31. The molecule has 1 saturated heterocycles. The van der Waals surface area contributed by atoms with Crippen LogP contribution in [0, 0.1) is 11.8 Å². The first kappa shape index (κ1) is 17.5. The Labute approximate surface area is 138 Å². The highest BCUT2D eigenvalue weighted by Gasteiger charge is 2.24. The maximum Gasteiger partial charge on any atom is 0.227 e. The minimum Gasteiger partial charge on any atom is -0.369 e. The van der Waals surface area contributed by atoms with E-state index in [0.717, 1.165) is 43.6 Å². The molecule has 1 fully saturated rings. The molecule has 0 aromatic heterocycles. The Morgan fingerprint density at radius 2 is 2.13 bits per heavy atom. The Morgan fingerprint density at radius 1 is 1.39 bits per heavy atom. The molecule has 2 atom stereocenters. The number of rotatable bonds is 6. The van der Waals surface area contributed by atoms with Crippen LogP contribution in [-0.2, 0) is 16.1 Å². The van der Waals surface area contributed by atoms with Crippen LogP contribution in [0.5, 0.6) is 0 Å². The number of piperidine rings is 1. The van der Waals surface area contributed by atoms with Crippen LogP contribution in [-0.4, -0.2) is 29.8 Å². The molecule has 1 aromatic carbocycles. The van der Waals surface area contributed by atoms with Crippen molar-refractivity contribution in [3.8, 4) is 0 Å². The number of hydrogen-bond donors (Lipinski definition) is 2. The van der Waals surface area contributed by atoms with Crippen molar-refractivity contribution in [2.75, 3.05) is 18.4 Å². The van der Waals surface area contributed by atoms with Gasteiger partial charge in [0.2, 0.25) is 11.8 Å². The summed E-state index contributed by atoms with van der Waals surface area (Å²) < 4.78 is 0. The zero-order chi connectivity index (χ0) is 16.8. The fourth-order valence-corrected chi connectivity index (χ4v) is 2.89. The molecule has 0 saturated carbocycles. The number of likely N-dealkylation sites (tertiary alicyclic amines) is 1. The summed E-state index contributed by atoms with van der Waals surface area (Å²) in [4.78, 5) is 25.8. The number of carbonyl (C=O) groups is 2. The number of nitrogens with zero attached hydrogens (tertiary/aromatic N) is 1. The first-order valence-electron chi connectivity index (χ1n) is 8.41. The van der Waals surface area contributed by atoms with Crippen LogP contribution in [0.1, 0.15) is 38.7 Å². The van der Waals surface area contributed by atoms with E-state index in [0.29, 0.717) is 6.54 Å². The molecule has 1 aliphatic rings. The molecule has 0 bridgehead atoms. The lowest BCUT2D eigenvalue weighted by atomic mass is 9.97. The van der Waals surface area contributed by atoms with E-state index in [4.69, 9.17) is 5.73 Å². The summed E-state index contributed by atoms with van der Waals surface area (Å²) in [5.74, 6) is -0.232. The highest BCUT2D eigenvalue weighted by atomic mass is 16.2. The van der Waals surface area contributed by atoms with Crippen molar-refractivity contribution in [2.45, 2.75) is 39.7 Å². The van der Waals surface area contributed by atoms with Crippen LogP contribution < -0.4 is 11.1 Å². The van der Waals surface area contributed by atoms with Crippen molar-refractivity contribution >= 4 is 17.5 Å². The molecule has 0 radical (unpaired) electrons. The third-order valence-corrected chi connectivity index (χ3v) is 4.64. The summed E-state index contributed by atoms with van der Waals surface area (Å²) in [5, 5.41) is 3.03. The van der Waals surface area contributed by atoms with Crippen molar-refractivity contribution in [2.24, 2.45) is 17.6 Å². The molecule has 1 aromatic rings. The second-order valence-electron chi connectivity index (χ2n) is 6.43. The zero-order valence-corrected chi connectivity index (χ0v) is 14.0. The molecule has 0 unspecified atom stereocenters. The maximum atomic E-state index is 12.1. The molecule has 2 amide bonds. The number of nitrogens with two attached hydrogens (primary N) is 1. The van der Waals surface area contributed by atoms with Gasteiger partial charge in [0.1, 0.15) is 0 Å². The van der Waals surface area contributed by atoms with Crippen molar-refractivity contribution in [3.05, 3.63) is 29.8 Å². The Kier molecular flexibility index (Phi) is 6.16. The summed E-state index contributed by atoms with van der Waals surface area (Å²) in [7, 11) is 0. The second-order valence-corrected chi connectivity index (χ2v) is 6.43. The standard InChI is InChI=1S/C18H27N3O2/c1-3-13(2)18(23)20-16-9-5-4-7-14(16)11-21-10-6-8-15(12-21)17(19)22/h4-5,7,9,13,15H,3,6,8,10-12H2,1-2H3,(H2,19,22)(H,20,23)/t13-,15-/m1/s1. The monoisotopic (exact) mass is 317 g/mol. The van der Waals surface area contributed by atoms with E-state index in [1.807, 2.05) is 38.1 Å². The van der Waals surface area contributed by atoms with Gasteiger partial charge in [-0.15, -0.1) is 0 Å². The van der Waals surface area contributed by atoms with Gasteiger partial charge in [-0.05, 0) is 37.4 Å². The Balaban J connectivity index is 2.05. The molecular formula is C18H27N3O2. The average molecular weight is 317 g/mol. The number of anilines is 1. The van der Waals surface area contributed by atoms with E-state index in [1.54, 1.807) is 0 Å². The third-order valence-electron chi connectivity index (χ3n) is 4.64. The third kappa shape index (κ3) is 4.79. The quantitative estimate of drug-likeness (QED) is 0.846. The number of primary amides is 1. The molecule has 1 heterocycles. The van der Waals surface area contributed by atoms with Crippen LogP contribution in [0.4, 0.5) is 5.69 Å². The van der Waals surface area contributed by atoms with Gasteiger partial charge in [-0.2, -0.15) is 0 Å². The number of hydrogen-bond acceptors (Lipinski definition) is 3. The largest absolute Gasteiger partial charge is 0.369 e. The summed E-state index contributed by atoms with van der Waals surface area (Å²) >= 11 is 0. The molecule has 5 heteroatoms. The van der Waals surface area contributed by atoms with Gasteiger partial charge < -0.3 is 11.1 Å². The number of amides is 2. The molecule has 1 aliphatic heterocycles. The minimum atomic E-state index is -0.215. The van der Waals surface area contributed by atoms with Crippen LogP contribution in [0.25, 0.3) is 0 Å². The smallest absolute Gasteiger partial charge is 0.227 e. The molecule has 5 nitrogen and oxygen atoms in total. The van der Waals surface area contributed by atoms with Crippen molar-refractivity contribution in [1.29, 1.82) is 0 Å². The summed E-state index contributed by atoms with van der Waals surface area (Å²) in [6.45, 7) is 6.31. The van der Waals surface area contributed by atoms with Crippen LogP contribution in [0.15, 0.2) is 24.3 Å². The van der Waals surface area contributed by atoms with Gasteiger partial charge in [0.05, 0.1) is 5.92 Å². The van der Waals surface area contributed by atoms with Gasteiger partial charge in [0.15, 0.2) is 0 Å². The van der Waals surface area contributed by atoms with E-state index in [9.17, 15) is 9.59 Å². The van der Waals surface area contributed by atoms with Gasteiger partial charge in [-0.1, -0.05) is 32.0 Å². The number of carbonyl (C=O) groups excluding carboxylic acids is 2. The topological polar surface area (TPSA) is 75.4 Å². The Hall–Kier alpha value is -1.88. The lowest BCUT2D eigenvalue weighted by molar-refractivity contribution is -0.123. The second kappa shape index (κ2) is 8.11. The van der Waals surface area contributed by atoms with Crippen LogP contribution >= 0.6 is 0 Å². The normalized spacial score (nSPS) is 20.0. The minimum absolute atomic E-state index is 0.00251. The Bertz CT molecular complexity index is 559. The number of benzene rings is 1. The molecular weight excluding hydrogens is 290 g/mol. The first-order valence-corrected chi connectivity index (χ1v) is 8.41. The molecule has 3 N–H and O–H groups in total. The van der Waals surface area contributed by atoms with E-state index in [-0.39, 0.29) is 23.7 Å². The van der Waals surface area contributed by atoms with E-state index in [1.165, 1.54) is 0 Å². The number of para-hydroxylation sites is 1. The van der Waals surface area contributed by atoms with Gasteiger partial charge >= 0.3 is 0 Å². The summed E-state index contributed by atoms with van der Waals surface area (Å²) in [5.41, 5.74) is 7.38. The van der Waals surface area contributed by atoms with Gasteiger partial charge in [-0.3, -0.25) is 14.5 Å². The van der Waals surface area contributed by atoms with E-state index in [2.05, 4.69) is 10.2 Å². The van der Waals surface area contributed by atoms with Gasteiger partial charge in [-0.25, -0.2) is 0 Å². The first-order chi connectivity index (χ1) is 11.0. The fourth-order valence-electron chi connectivity index (χ4n) is 2.89. The molecule has 0 aliphatic carbocycles. The van der Waals surface area contributed by atoms with Crippen molar-refractivity contribution in [1.82, 2.24) is 4.90 Å². The number of nitrogens with one attached hydrogen (secondary N) is 1. The predicted octanol–water partition coefficient (Wildman–Crippen LogP) is 2.37. The van der Waals surface area contributed by atoms with Crippen molar-refractivity contribution < 1.29 is 9.59 Å². The molecule has 0 spiro atoms. The summed E-state index contributed by atoms with van der Waals surface area (Å²) in [6, 6.07) is 7.87. The van der Waals surface area contributed by atoms with E-state index < -0.39 is 0 Å². The predicted molar refractivity (Wildman–Crippen MR) is 91.7 cm³/mol. The average Bonchev–Trinajstić information content (AvgIpc) is 2.56. The van der Waals surface area contributed by atoms with Crippen LogP contribution in [0.3, 0.4) is 0 Å². The molecule has 23 heavy (non-hydrogen) atoms. The summed E-state index contributed by atoms with van der Waals surface area (Å²) in [6.07, 6.45) is 2.67. The maximum absolute atomic E-state index is 12.1. The fraction of sp³-hybridized carbons (Fsp3) is 0.556. The van der Waals surface area contributed by atoms with Gasteiger partial charge in [0, 0.05) is 24.7 Å². The molecule has 126 valence electrons. The van der Waals surface area contributed by atoms with E-state index >= 15 is 0 Å². The Morgan fingerprint density at radius 3 is 2.83 bits per heavy atom. The van der Waals surface area contributed by atoms with Gasteiger partial charge in [0.25, 0.3) is 0 Å². The lowest BCUT2D eigenvalue weighted by Crippen LogP contribution is -2.40. The highest BCUT2D eigenvalue weighted by molar-refractivity contribution is 5.93. The SMILES string of the molecule is CC[C@@H](C)C(=O)Nc1ccccc1CN1CCC[C@@H](C(N)=O)C1.